The Labute approximate surface area is 249 Å². The number of aromatic nitrogens is 1. The number of esters is 1. The number of nitrogens with one attached hydrogen (secondary N) is 2. The van der Waals surface area contributed by atoms with Gasteiger partial charge in [0.1, 0.15) is 33.4 Å². The molecule has 1 aromatic rings. The maximum absolute atomic E-state index is 13.3. The zero-order chi connectivity index (χ0) is 29.1. The van der Waals surface area contributed by atoms with Crippen LogP contribution >= 0.6 is 34.9 Å². The van der Waals surface area contributed by atoms with E-state index in [1.54, 1.807) is 19.1 Å². The summed E-state index contributed by atoms with van der Waals surface area (Å²) in [6.45, 7) is 7.79. The van der Waals surface area contributed by atoms with Crippen molar-refractivity contribution in [3.05, 3.63) is 28.2 Å². The quantitative estimate of drug-likeness (QED) is 0.223. The van der Waals surface area contributed by atoms with Gasteiger partial charge in [0.05, 0.1) is 13.0 Å². The maximum atomic E-state index is 13.3. The van der Waals surface area contributed by atoms with Gasteiger partial charge in [-0.15, -0.1) is 23.1 Å². The van der Waals surface area contributed by atoms with Gasteiger partial charge in [-0.05, 0) is 25.3 Å². The first kappa shape index (κ1) is 32.3. The lowest BCUT2D eigenvalue weighted by Gasteiger charge is -2.27. The Morgan fingerprint density at radius 3 is 2.77 bits per heavy atom. The molecule has 2 N–H and O–H groups in total. The predicted octanol–water partition coefficient (Wildman–Crippen LogP) is 4.64. The molecule has 0 spiro atoms. The Balaban J connectivity index is 1.70. The molecular formula is C28H40N4O5S3. The Bertz CT molecular complexity index is 1120. The molecule has 0 aliphatic carbocycles. The van der Waals surface area contributed by atoms with E-state index in [2.05, 4.69) is 27.5 Å². The summed E-state index contributed by atoms with van der Waals surface area (Å²) in [5, 5.41) is 9.07. The summed E-state index contributed by atoms with van der Waals surface area (Å²) in [4.78, 5) is 60.7. The van der Waals surface area contributed by atoms with Gasteiger partial charge in [0.25, 0.3) is 0 Å². The van der Waals surface area contributed by atoms with Gasteiger partial charge < -0.3 is 15.4 Å². The van der Waals surface area contributed by atoms with Crippen molar-refractivity contribution in [3.63, 3.8) is 0 Å². The largest absolute Gasteiger partial charge is 0.456 e. The molecule has 220 valence electrons. The van der Waals surface area contributed by atoms with E-state index in [-0.39, 0.29) is 35.8 Å². The van der Waals surface area contributed by atoms with Crippen molar-refractivity contribution in [2.24, 2.45) is 10.9 Å². The van der Waals surface area contributed by atoms with Crippen molar-refractivity contribution >= 4 is 62.8 Å². The third-order valence-electron chi connectivity index (χ3n) is 6.57. The number of unbranched alkanes of at least 4 members (excludes halogenated alkanes) is 4. The number of thiazole rings is 1. The molecule has 40 heavy (non-hydrogen) atoms. The van der Waals surface area contributed by atoms with Gasteiger partial charge in [-0.2, -0.15) is 0 Å². The fraction of sp³-hybridized carbons (Fsp3) is 0.643. The minimum atomic E-state index is -1.04. The van der Waals surface area contributed by atoms with E-state index in [9.17, 15) is 19.2 Å². The van der Waals surface area contributed by atoms with Crippen molar-refractivity contribution in [1.82, 2.24) is 15.6 Å². The molecule has 1 unspecified atom stereocenters. The van der Waals surface area contributed by atoms with Crippen molar-refractivity contribution in [2.45, 2.75) is 96.9 Å². The van der Waals surface area contributed by atoms with Crippen LogP contribution in [-0.4, -0.2) is 62.1 Å². The average Bonchev–Trinajstić information content (AvgIpc) is 3.55. The lowest BCUT2D eigenvalue weighted by Crippen LogP contribution is -2.53. The normalized spacial score (nSPS) is 24.1. The molecule has 0 aromatic carbocycles. The first-order chi connectivity index (χ1) is 19.1. The van der Waals surface area contributed by atoms with E-state index in [0.29, 0.717) is 33.7 Å². The molecule has 0 saturated heterocycles. The van der Waals surface area contributed by atoms with E-state index in [0.717, 1.165) is 19.3 Å². The number of carbonyl (C=O) groups excluding carboxylic acids is 4. The second-order valence-corrected chi connectivity index (χ2v) is 13.5. The number of cyclic esters (lactones) is 1. The fourth-order valence-corrected chi connectivity index (χ4v) is 6.73. The van der Waals surface area contributed by atoms with Crippen molar-refractivity contribution in [2.75, 3.05) is 11.5 Å². The van der Waals surface area contributed by atoms with Gasteiger partial charge in [-0.1, -0.05) is 64.3 Å². The zero-order valence-corrected chi connectivity index (χ0v) is 26.1. The van der Waals surface area contributed by atoms with Crippen LogP contribution < -0.4 is 10.6 Å². The molecule has 2 aliphatic rings. The molecule has 1 aromatic heterocycles. The molecule has 12 heteroatoms. The van der Waals surface area contributed by atoms with Gasteiger partial charge in [0.15, 0.2) is 5.12 Å². The van der Waals surface area contributed by atoms with Crippen molar-refractivity contribution in [1.29, 1.82) is 0 Å². The molecule has 3 heterocycles. The Morgan fingerprint density at radius 1 is 1.25 bits per heavy atom. The number of thioether (sulfide) groups is 2. The molecule has 3 atom stereocenters. The number of fused-ring (bicyclic) bond motifs is 4. The lowest BCUT2D eigenvalue weighted by atomic mass is 10.0. The van der Waals surface area contributed by atoms with E-state index < -0.39 is 23.7 Å². The highest BCUT2D eigenvalue weighted by atomic mass is 32.2. The van der Waals surface area contributed by atoms with E-state index >= 15 is 0 Å². The molecule has 4 bridgehead atoms. The zero-order valence-electron chi connectivity index (χ0n) is 23.7. The predicted molar refractivity (Wildman–Crippen MR) is 163 cm³/mol. The van der Waals surface area contributed by atoms with Gasteiger partial charge in [-0.3, -0.25) is 19.4 Å². The van der Waals surface area contributed by atoms with Gasteiger partial charge in [0, 0.05) is 23.3 Å². The van der Waals surface area contributed by atoms with Crippen LogP contribution in [0.15, 0.2) is 22.5 Å². The summed E-state index contributed by atoms with van der Waals surface area (Å²) in [5.74, 6) is -0.670. The number of ether oxygens (including phenoxy) is 1. The van der Waals surface area contributed by atoms with Crippen LogP contribution in [0.4, 0.5) is 0 Å². The summed E-state index contributed by atoms with van der Waals surface area (Å²) in [7, 11) is 0. The van der Waals surface area contributed by atoms with Gasteiger partial charge >= 0.3 is 5.97 Å². The number of rotatable bonds is 10. The summed E-state index contributed by atoms with van der Waals surface area (Å²) in [5.41, 5.74) is -0.363. The van der Waals surface area contributed by atoms with E-state index in [1.165, 1.54) is 47.7 Å². The molecular weight excluding hydrogens is 569 g/mol. The second kappa shape index (κ2) is 15.7. The molecule has 0 fully saturated rings. The maximum Gasteiger partial charge on any atom is 0.329 e. The van der Waals surface area contributed by atoms with Crippen LogP contribution in [0.5, 0.6) is 0 Å². The highest BCUT2D eigenvalue weighted by Gasteiger charge is 2.41. The molecule has 2 amide bonds. The third-order valence-corrected chi connectivity index (χ3v) is 9.59. The highest BCUT2D eigenvalue weighted by Crippen LogP contribution is 2.32. The number of hydrogen-bond acceptors (Lipinski definition) is 10. The smallest absolute Gasteiger partial charge is 0.329 e. The number of carbonyl (C=O) groups is 4. The summed E-state index contributed by atoms with van der Waals surface area (Å²) >= 11 is 4.07. The number of hydrogen-bond donors (Lipinski definition) is 2. The van der Waals surface area contributed by atoms with Crippen molar-refractivity contribution < 1.29 is 23.9 Å². The SMILES string of the molecule is CCCCCCCC(=O)SC/C=C/[C@@H]1CC(=O)NCc2nc(cs2)C2=N[C@@](C)(CS2)C(=O)NC(C(C)C)C(=O)O1. The van der Waals surface area contributed by atoms with Crippen LogP contribution in [0, 0.1) is 5.92 Å². The van der Waals surface area contributed by atoms with Crippen LogP contribution in [-0.2, 0) is 30.5 Å². The number of aliphatic imine (C=N–C) groups is 1. The monoisotopic (exact) mass is 608 g/mol. The second-order valence-electron chi connectivity index (χ2n) is 10.5. The summed E-state index contributed by atoms with van der Waals surface area (Å²) in [6.07, 6.45) is 8.47. The van der Waals surface area contributed by atoms with Crippen LogP contribution in [0.25, 0.3) is 0 Å². The highest BCUT2D eigenvalue weighted by molar-refractivity contribution is 8.14. The van der Waals surface area contributed by atoms with Gasteiger partial charge in [0.2, 0.25) is 11.8 Å². The van der Waals surface area contributed by atoms with Crippen molar-refractivity contribution in [3.8, 4) is 0 Å². The van der Waals surface area contributed by atoms with Crippen LogP contribution in [0.2, 0.25) is 0 Å². The Hall–Kier alpha value is -2.18. The number of amides is 2. The molecule has 3 rings (SSSR count). The average molecular weight is 609 g/mol. The molecule has 2 aliphatic heterocycles. The Kier molecular flexibility index (Phi) is 12.7. The molecule has 0 radical (unpaired) electrons. The van der Waals surface area contributed by atoms with E-state index in [4.69, 9.17) is 4.74 Å². The Morgan fingerprint density at radius 2 is 2.02 bits per heavy atom. The summed E-state index contributed by atoms with van der Waals surface area (Å²) < 4.78 is 5.74. The van der Waals surface area contributed by atoms with Gasteiger partial charge in [-0.25, -0.2) is 9.78 Å². The van der Waals surface area contributed by atoms with Crippen LogP contribution in [0.3, 0.4) is 0 Å². The lowest BCUT2D eigenvalue weighted by molar-refractivity contribution is -0.153. The minimum Gasteiger partial charge on any atom is -0.456 e. The fourth-order valence-electron chi connectivity index (χ4n) is 4.12. The third kappa shape index (κ3) is 9.73. The standard InChI is InChI=1S/C28H40N4O5S3/c1-5-6-7-8-9-12-23(34)38-13-10-11-19-14-21(33)29-15-22-30-20(16-39-22)25-32-28(4,17-40-25)27(36)31-24(18(2)3)26(35)37-19/h10-11,16,18-19,24H,5-9,12-15,17H2,1-4H3,(H,29,33)(H,31,36)/b11-10+/t19-,24?,28+/m1/s1. The first-order valence-corrected chi connectivity index (χ1v) is 16.7. The summed E-state index contributed by atoms with van der Waals surface area (Å²) in [6, 6.07) is -0.907. The van der Waals surface area contributed by atoms with Crippen LogP contribution in [0.1, 0.15) is 83.3 Å². The first-order valence-electron chi connectivity index (χ1n) is 13.9. The minimum absolute atomic E-state index is 0.0877. The molecule has 0 saturated carbocycles. The number of nitrogens with zero attached hydrogens (tertiary/aromatic N) is 2. The molecule has 9 nitrogen and oxygen atoms in total. The van der Waals surface area contributed by atoms with E-state index in [1.807, 2.05) is 19.2 Å². The topological polar surface area (TPSA) is 127 Å².